The molecule has 0 saturated heterocycles. The van der Waals surface area contributed by atoms with Gasteiger partial charge in [-0.25, -0.2) is 4.39 Å². The quantitative estimate of drug-likeness (QED) is 0.865. The van der Waals surface area contributed by atoms with E-state index in [1.807, 2.05) is 0 Å². The van der Waals surface area contributed by atoms with Gasteiger partial charge in [0, 0.05) is 12.2 Å². The summed E-state index contributed by atoms with van der Waals surface area (Å²) in [6, 6.07) is 10.1. The lowest BCUT2D eigenvalue weighted by molar-refractivity contribution is 0.521. The maximum Gasteiger partial charge on any atom is 0.141 e. The van der Waals surface area contributed by atoms with Gasteiger partial charge in [-0.1, -0.05) is 36.8 Å². The Morgan fingerprint density at radius 3 is 2.80 bits per heavy atom. The lowest BCUT2D eigenvalue weighted by Crippen LogP contribution is -2.24. The second-order valence-electron chi connectivity index (χ2n) is 5.14. The Labute approximate surface area is 120 Å². The lowest BCUT2D eigenvalue weighted by Gasteiger charge is -2.19. The van der Waals surface area contributed by atoms with Crippen LogP contribution in [0.5, 0.6) is 0 Å². The molecule has 1 heterocycles. The first-order valence-electron chi connectivity index (χ1n) is 7.08. The van der Waals surface area contributed by atoms with E-state index < -0.39 is 0 Å². The Hall–Kier alpha value is -1.74. The molecule has 1 aromatic carbocycles. The van der Waals surface area contributed by atoms with Gasteiger partial charge in [-0.3, -0.25) is 4.98 Å². The van der Waals surface area contributed by atoms with Crippen molar-refractivity contribution in [1.29, 1.82) is 0 Å². The van der Waals surface area contributed by atoms with Gasteiger partial charge in [0.05, 0.1) is 6.20 Å². The summed E-state index contributed by atoms with van der Waals surface area (Å²) < 4.78 is 13.4. The van der Waals surface area contributed by atoms with Gasteiger partial charge in [0.15, 0.2) is 0 Å². The Balaban J connectivity index is 2.19. The molecule has 0 aliphatic rings. The van der Waals surface area contributed by atoms with Crippen LogP contribution in [0.2, 0.25) is 0 Å². The number of aryl methyl sites for hydroxylation is 1. The predicted octanol–water partition coefficient (Wildman–Crippen LogP) is 3.81. The minimum absolute atomic E-state index is 0.0972. The van der Waals surface area contributed by atoms with Crippen LogP contribution in [0.1, 0.15) is 36.1 Å². The molecule has 2 nitrogen and oxygen atoms in total. The topological polar surface area (TPSA) is 24.9 Å². The summed E-state index contributed by atoms with van der Waals surface area (Å²) in [6.07, 6.45) is 4.87. The highest BCUT2D eigenvalue weighted by atomic mass is 19.1. The normalized spacial score (nSPS) is 12.3. The van der Waals surface area contributed by atoms with Gasteiger partial charge in [-0.2, -0.15) is 0 Å². The van der Waals surface area contributed by atoms with Crippen LogP contribution < -0.4 is 5.32 Å². The fraction of sp³-hybridized carbons (Fsp3) is 0.353. The van der Waals surface area contributed by atoms with E-state index in [1.165, 1.54) is 17.3 Å². The van der Waals surface area contributed by atoms with Crippen LogP contribution in [-0.4, -0.2) is 11.5 Å². The Kier molecular flexibility index (Phi) is 5.24. The van der Waals surface area contributed by atoms with E-state index in [-0.39, 0.29) is 11.9 Å². The van der Waals surface area contributed by atoms with Crippen LogP contribution >= 0.6 is 0 Å². The standard InChI is InChI=1S/C17H21FN2/c1-3-7-20-17(15-10-16(18)12-19-11-15)9-14-6-4-5-13(2)8-14/h4-6,8,10-12,17,20H,3,7,9H2,1-2H3. The zero-order chi connectivity index (χ0) is 14.4. The van der Waals surface area contributed by atoms with Crippen molar-refractivity contribution < 1.29 is 4.39 Å². The van der Waals surface area contributed by atoms with E-state index in [0.29, 0.717) is 0 Å². The van der Waals surface area contributed by atoms with Gasteiger partial charge in [0.1, 0.15) is 5.82 Å². The number of benzene rings is 1. The predicted molar refractivity (Wildman–Crippen MR) is 80.1 cm³/mol. The third-order valence-electron chi connectivity index (χ3n) is 3.29. The van der Waals surface area contributed by atoms with Crippen LogP contribution in [-0.2, 0) is 6.42 Å². The number of rotatable bonds is 6. The van der Waals surface area contributed by atoms with E-state index in [9.17, 15) is 4.39 Å². The molecule has 0 radical (unpaired) electrons. The monoisotopic (exact) mass is 272 g/mol. The van der Waals surface area contributed by atoms with Crippen LogP contribution in [0.15, 0.2) is 42.7 Å². The minimum atomic E-state index is -0.282. The third-order valence-corrected chi connectivity index (χ3v) is 3.29. The second kappa shape index (κ2) is 7.15. The molecule has 20 heavy (non-hydrogen) atoms. The molecule has 0 spiro atoms. The summed E-state index contributed by atoms with van der Waals surface area (Å²) in [6.45, 7) is 5.12. The third kappa shape index (κ3) is 4.14. The average molecular weight is 272 g/mol. The SMILES string of the molecule is CCCNC(Cc1cccc(C)c1)c1cncc(F)c1. The zero-order valence-electron chi connectivity index (χ0n) is 12.1. The molecule has 106 valence electrons. The average Bonchev–Trinajstić information content (AvgIpc) is 2.43. The molecular formula is C17H21FN2. The van der Waals surface area contributed by atoms with Crippen LogP contribution in [0.4, 0.5) is 4.39 Å². The van der Waals surface area contributed by atoms with E-state index in [2.05, 4.69) is 48.4 Å². The van der Waals surface area contributed by atoms with Crippen molar-refractivity contribution in [2.24, 2.45) is 0 Å². The number of hydrogen-bond donors (Lipinski definition) is 1. The fourth-order valence-corrected chi connectivity index (χ4v) is 2.32. The summed E-state index contributed by atoms with van der Waals surface area (Å²) in [4.78, 5) is 3.96. The highest BCUT2D eigenvalue weighted by Gasteiger charge is 2.12. The van der Waals surface area contributed by atoms with Crippen molar-refractivity contribution in [2.75, 3.05) is 6.54 Å². The van der Waals surface area contributed by atoms with E-state index in [4.69, 9.17) is 0 Å². The summed E-state index contributed by atoms with van der Waals surface area (Å²) >= 11 is 0. The Bertz CT molecular complexity index is 554. The summed E-state index contributed by atoms with van der Waals surface area (Å²) in [7, 11) is 0. The van der Waals surface area contributed by atoms with E-state index in [1.54, 1.807) is 12.3 Å². The molecule has 0 aliphatic heterocycles. The summed E-state index contributed by atoms with van der Waals surface area (Å²) in [5, 5.41) is 3.47. The molecule has 2 rings (SSSR count). The van der Waals surface area contributed by atoms with Crippen molar-refractivity contribution in [3.63, 3.8) is 0 Å². The van der Waals surface area contributed by atoms with Crippen LogP contribution in [0.25, 0.3) is 0 Å². The lowest BCUT2D eigenvalue weighted by atomic mass is 9.99. The zero-order valence-corrected chi connectivity index (χ0v) is 12.1. The number of pyridine rings is 1. The molecule has 0 bridgehead atoms. The molecule has 2 aromatic rings. The molecule has 1 aromatic heterocycles. The minimum Gasteiger partial charge on any atom is -0.310 e. The van der Waals surface area contributed by atoms with E-state index >= 15 is 0 Å². The molecule has 1 unspecified atom stereocenters. The molecule has 0 saturated carbocycles. The molecule has 0 fully saturated rings. The van der Waals surface area contributed by atoms with Gasteiger partial charge in [-0.15, -0.1) is 0 Å². The number of nitrogens with zero attached hydrogens (tertiary/aromatic N) is 1. The first-order valence-corrected chi connectivity index (χ1v) is 7.08. The number of nitrogens with one attached hydrogen (secondary N) is 1. The number of aromatic nitrogens is 1. The van der Waals surface area contributed by atoms with Crippen molar-refractivity contribution in [3.05, 3.63) is 65.2 Å². The van der Waals surface area contributed by atoms with Gasteiger partial charge < -0.3 is 5.32 Å². The first-order chi connectivity index (χ1) is 9.69. The first kappa shape index (κ1) is 14.7. The van der Waals surface area contributed by atoms with E-state index in [0.717, 1.165) is 24.9 Å². The number of hydrogen-bond acceptors (Lipinski definition) is 2. The van der Waals surface area contributed by atoms with Gasteiger partial charge in [0.2, 0.25) is 0 Å². The molecular weight excluding hydrogens is 251 g/mol. The molecule has 1 N–H and O–H groups in total. The number of halogens is 1. The molecule has 0 aliphatic carbocycles. The highest BCUT2D eigenvalue weighted by molar-refractivity contribution is 5.25. The Morgan fingerprint density at radius 2 is 2.10 bits per heavy atom. The Morgan fingerprint density at radius 1 is 1.25 bits per heavy atom. The maximum absolute atomic E-state index is 13.4. The van der Waals surface area contributed by atoms with Crippen molar-refractivity contribution in [3.8, 4) is 0 Å². The molecule has 0 amide bonds. The van der Waals surface area contributed by atoms with Crippen LogP contribution in [0.3, 0.4) is 0 Å². The van der Waals surface area contributed by atoms with Gasteiger partial charge >= 0.3 is 0 Å². The van der Waals surface area contributed by atoms with Gasteiger partial charge in [-0.05, 0) is 43.5 Å². The van der Waals surface area contributed by atoms with Gasteiger partial charge in [0.25, 0.3) is 0 Å². The smallest absolute Gasteiger partial charge is 0.141 e. The molecule has 3 heteroatoms. The molecule has 1 atom stereocenters. The second-order valence-corrected chi connectivity index (χ2v) is 5.14. The maximum atomic E-state index is 13.4. The summed E-state index contributed by atoms with van der Waals surface area (Å²) in [5.74, 6) is -0.282. The largest absolute Gasteiger partial charge is 0.310 e. The van der Waals surface area contributed by atoms with Crippen molar-refractivity contribution in [1.82, 2.24) is 10.3 Å². The highest BCUT2D eigenvalue weighted by Crippen LogP contribution is 2.19. The van der Waals surface area contributed by atoms with Crippen LogP contribution in [0, 0.1) is 12.7 Å². The fourth-order valence-electron chi connectivity index (χ4n) is 2.32. The van der Waals surface area contributed by atoms with Crippen molar-refractivity contribution >= 4 is 0 Å². The summed E-state index contributed by atoms with van der Waals surface area (Å²) in [5.41, 5.74) is 3.40. The van der Waals surface area contributed by atoms with Crippen molar-refractivity contribution in [2.45, 2.75) is 32.7 Å².